The summed E-state index contributed by atoms with van der Waals surface area (Å²) >= 11 is 6.09. The highest BCUT2D eigenvalue weighted by Crippen LogP contribution is 2.30. The molecule has 0 unspecified atom stereocenters. The second-order valence-electron chi connectivity index (χ2n) is 3.94. The van der Waals surface area contributed by atoms with Crippen molar-refractivity contribution < 1.29 is 4.42 Å². The van der Waals surface area contributed by atoms with E-state index < -0.39 is 0 Å². The van der Waals surface area contributed by atoms with Gasteiger partial charge in [0.1, 0.15) is 5.76 Å². The minimum Gasteiger partial charge on any atom is -0.458 e. The largest absolute Gasteiger partial charge is 0.458 e. The summed E-state index contributed by atoms with van der Waals surface area (Å²) in [5, 5.41) is 5.13. The zero-order valence-corrected chi connectivity index (χ0v) is 10.4. The molecule has 0 aliphatic carbocycles. The first-order valence-corrected chi connectivity index (χ1v) is 5.99. The minimum absolute atomic E-state index is 0.683. The Morgan fingerprint density at radius 2 is 2.19 bits per heavy atom. The lowest BCUT2D eigenvalue weighted by Crippen LogP contribution is -2.13. The summed E-state index contributed by atoms with van der Waals surface area (Å²) < 4.78 is 5.78. The summed E-state index contributed by atoms with van der Waals surface area (Å²) in [6.07, 6.45) is 1.13. The highest BCUT2D eigenvalue weighted by molar-refractivity contribution is 6.34. The molecule has 0 amide bonds. The number of para-hydroxylation sites is 1. The smallest absolute Gasteiger partial charge is 0.153 e. The third-order valence-electron chi connectivity index (χ3n) is 2.73. The van der Waals surface area contributed by atoms with Gasteiger partial charge in [0.15, 0.2) is 5.58 Å². The molecule has 0 fully saturated rings. The second kappa shape index (κ2) is 4.89. The van der Waals surface area contributed by atoms with Gasteiger partial charge in [-0.3, -0.25) is 0 Å². The predicted octanol–water partition coefficient (Wildman–Crippen LogP) is 3.89. The van der Waals surface area contributed by atoms with Crippen LogP contribution in [0.4, 0.5) is 0 Å². The third kappa shape index (κ3) is 2.08. The number of benzene rings is 1. The molecule has 1 aromatic carbocycles. The zero-order chi connectivity index (χ0) is 11.5. The predicted molar refractivity (Wildman–Crippen MR) is 68.0 cm³/mol. The number of hydrogen-bond acceptors (Lipinski definition) is 2. The van der Waals surface area contributed by atoms with Crippen molar-refractivity contribution in [3.8, 4) is 0 Å². The maximum Gasteiger partial charge on any atom is 0.153 e. The molecule has 3 heteroatoms. The Kier molecular flexibility index (Phi) is 3.52. The fraction of sp³-hybridized carbons (Fsp3) is 0.385. The maximum absolute atomic E-state index is 6.09. The Hall–Kier alpha value is -0.990. The van der Waals surface area contributed by atoms with Crippen molar-refractivity contribution in [2.45, 2.75) is 26.8 Å². The maximum atomic E-state index is 6.09. The molecule has 0 saturated heterocycles. The normalized spacial score (nSPS) is 11.2. The van der Waals surface area contributed by atoms with Crippen molar-refractivity contribution in [3.63, 3.8) is 0 Å². The van der Waals surface area contributed by atoms with Gasteiger partial charge in [-0.05, 0) is 31.5 Å². The van der Waals surface area contributed by atoms with Gasteiger partial charge in [-0.15, -0.1) is 0 Å². The van der Waals surface area contributed by atoms with Gasteiger partial charge in [-0.25, -0.2) is 0 Å². The van der Waals surface area contributed by atoms with Gasteiger partial charge in [0.2, 0.25) is 0 Å². The molecule has 0 spiro atoms. The molecule has 1 N–H and O–H groups in total. The first-order chi connectivity index (χ1) is 7.74. The van der Waals surface area contributed by atoms with Gasteiger partial charge in [-0.2, -0.15) is 0 Å². The van der Waals surface area contributed by atoms with E-state index in [9.17, 15) is 0 Å². The highest BCUT2D eigenvalue weighted by atomic mass is 35.5. The molecule has 0 aliphatic heterocycles. The van der Waals surface area contributed by atoms with Crippen molar-refractivity contribution >= 4 is 22.6 Å². The molecule has 2 nitrogen and oxygen atoms in total. The van der Waals surface area contributed by atoms with Gasteiger partial charge < -0.3 is 9.73 Å². The number of fused-ring (bicyclic) bond motifs is 1. The molecule has 2 rings (SSSR count). The van der Waals surface area contributed by atoms with Crippen LogP contribution < -0.4 is 5.32 Å². The van der Waals surface area contributed by atoms with Crippen LogP contribution in [0.25, 0.3) is 11.0 Å². The molecular formula is C13H16ClNO. The molecule has 0 atom stereocenters. The number of furan rings is 1. The van der Waals surface area contributed by atoms with Crippen LogP contribution >= 0.6 is 11.6 Å². The van der Waals surface area contributed by atoms with Crippen LogP contribution in [0.3, 0.4) is 0 Å². The summed E-state index contributed by atoms with van der Waals surface area (Å²) in [5.41, 5.74) is 1.98. The van der Waals surface area contributed by atoms with E-state index in [0.717, 1.165) is 36.2 Å². The van der Waals surface area contributed by atoms with E-state index in [2.05, 4.69) is 19.2 Å². The summed E-state index contributed by atoms with van der Waals surface area (Å²) in [4.78, 5) is 0. The van der Waals surface area contributed by atoms with E-state index in [1.54, 1.807) is 0 Å². The van der Waals surface area contributed by atoms with E-state index >= 15 is 0 Å². The van der Waals surface area contributed by atoms with Crippen LogP contribution in [0.1, 0.15) is 24.7 Å². The summed E-state index contributed by atoms with van der Waals surface area (Å²) in [7, 11) is 0. The van der Waals surface area contributed by atoms with Crippen LogP contribution in [0.5, 0.6) is 0 Å². The lowest BCUT2D eigenvalue weighted by atomic mass is 10.1. The molecule has 2 aromatic rings. The number of hydrogen-bond donors (Lipinski definition) is 1. The standard InChI is InChI=1S/C13H16ClNO/c1-3-7-15-8-12-9(2)10-5-4-6-11(14)13(10)16-12/h4-6,15H,3,7-8H2,1-2H3. The van der Waals surface area contributed by atoms with Crippen molar-refractivity contribution in [3.05, 3.63) is 34.5 Å². The Morgan fingerprint density at radius 3 is 2.88 bits per heavy atom. The van der Waals surface area contributed by atoms with E-state index in [-0.39, 0.29) is 0 Å². The average Bonchev–Trinajstić information content (AvgIpc) is 2.59. The van der Waals surface area contributed by atoms with E-state index in [1.165, 1.54) is 5.56 Å². The summed E-state index contributed by atoms with van der Waals surface area (Å²) in [5.74, 6) is 0.983. The Labute approximate surface area is 101 Å². The van der Waals surface area contributed by atoms with Crippen molar-refractivity contribution in [1.29, 1.82) is 0 Å². The molecule has 1 heterocycles. The van der Waals surface area contributed by atoms with E-state index in [1.807, 2.05) is 18.2 Å². The molecular weight excluding hydrogens is 222 g/mol. The van der Waals surface area contributed by atoms with Crippen molar-refractivity contribution in [1.82, 2.24) is 5.32 Å². The van der Waals surface area contributed by atoms with Gasteiger partial charge in [0, 0.05) is 5.39 Å². The summed E-state index contributed by atoms with van der Waals surface area (Å²) in [6, 6.07) is 5.86. The lowest BCUT2D eigenvalue weighted by molar-refractivity contribution is 0.510. The topological polar surface area (TPSA) is 25.2 Å². The lowest BCUT2D eigenvalue weighted by Gasteiger charge is -2.00. The fourth-order valence-corrected chi connectivity index (χ4v) is 2.02. The van der Waals surface area contributed by atoms with Gasteiger partial charge in [-0.1, -0.05) is 30.7 Å². The molecule has 16 heavy (non-hydrogen) atoms. The quantitative estimate of drug-likeness (QED) is 0.816. The molecule has 0 aliphatic rings. The van der Waals surface area contributed by atoms with Gasteiger partial charge >= 0.3 is 0 Å². The van der Waals surface area contributed by atoms with Crippen LogP contribution in [0, 0.1) is 6.92 Å². The zero-order valence-electron chi connectivity index (χ0n) is 9.64. The van der Waals surface area contributed by atoms with Crippen LogP contribution in [0.2, 0.25) is 5.02 Å². The first kappa shape index (κ1) is 11.5. The molecule has 1 aromatic heterocycles. The third-order valence-corrected chi connectivity index (χ3v) is 3.02. The number of rotatable bonds is 4. The SMILES string of the molecule is CCCNCc1oc2c(Cl)cccc2c1C. The monoisotopic (exact) mass is 237 g/mol. The van der Waals surface area contributed by atoms with Gasteiger partial charge in [0.05, 0.1) is 11.6 Å². The van der Waals surface area contributed by atoms with Crippen molar-refractivity contribution in [2.24, 2.45) is 0 Å². The Morgan fingerprint density at radius 1 is 1.38 bits per heavy atom. The molecule has 86 valence electrons. The minimum atomic E-state index is 0.683. The van der Waals surface area contributed by atoms with E-state index in [0.29, 0.717) is 5.02 Å². The summed E-state index contributed by atoms with van der Waals surface area (Å²) in [6.45, 7) is 6.00. The second-order valence-corrected chi connectivity index (χ2v) is 4.35. The number of halogens is 1. The highest BCUT2D eigenvalue weighted by Gasteiger charge is 2.11. The van der Waals surface area contributed by atoms with Crippen LogP contribution in [-0.2, 0) is 6.54 Å². The molecule has 0 bridgehead atoms. The first-order valence-electron chi connectivity index (χ1n) is 5.61. The van der Waals surface area contributed by atoms with E-state index in [4.69, 9.17) is 16.0 Å². The number of nitrogens with one attached hydrogen (secondary N) is 1. The fourth-order valence-electron chi connectivity index (χ4n) is 1.81. The Balaban J connectivity index is 2.33. The van der Waals surface area contributed by atoms with Crippen LogP contribution in [-0.4, -0.2) is 6.54 Å². The molecule has 0 radical (unpaired) electrons. The molecule has 0 saturated carbocycles. The van der Waals surface area contributed by atoms with Gasteiger partial charge in [0.25, 0.3) is 0 Å². The average molecular weight is 238 g/mol. The van der Waals surface area contributed by atoms with Crippen molar-refractivity contribution in [2.75, 3.05) is 6.54 Å². The Bertz CT molecular complexity index is 490. The van der Waals surface area contributed by atoms with Crippen LogP contribution in [0.15, 0.2) is 22.6 Å². The number of aryl methyl sites for hydroxylation is 1.